The molecule has 0 saturated heterocycles. The summed E-state index contributed by atoms with van der Waals surface area (Å²) in [6, 6.07) is 17.5. The van der Waals surface area contributed by atoms with E-state index in [1.54, 1.807) is 30.3 Å². The molecular formula is C24H22N6O2S. The molecule has 0 spiro atoms. The van der Waals surface area contributed by atoms with E-state index in [-0.39, 0.29) is 5.91 Å². The number of aromatic nitrogens is 5. The Bertz CT molecular complexity index is 1260. The van der Waals surface area contributed by atoms with Gasteiger partial charge >= 0.3 is 0 Å². The first kappa shape index (κ1) is 21.1. The number of thioether (sulfide) groups is 1. The predicted molar refractivity (Wildman–Crippen MR) is 124 cm³/mol. The van der Waals surface area contributed by atoms with Crippen molar-refractivity contribution in [2.24, 2.45) is 0 Å². The Balaban J connectivity index is 1.47. The number of amides is 1. The molecule has 1 aliphatic heterocycles. The molecule has 2 aromatic carbocycles. The number of hydrogen-bond donors (Lipinski definition) is 0. The highest BCUT2D eigenvalue weighted by molar-refractivity contribution is 7.98. The fourth-order valence-corrected chi connectivity index (χ4v) is 4.64. The zero-order valence-corrected chi connectivity index (χ0v) is 18.9. The summed E-state index contributed by atoms with van der Waals surface area (Å²) in [5.74, 6) is 1.08. The van der Waals surface area contributed by atoms with Gasteiger partial charge < -0.3 is 9.64 Å². The second kappa shape index (κ2) is 9.41. The fourth-order valence-electron chi connectivity index (χ4n) is 3.84. The molecule has 1 aliphatic rings. The highest BCUT2D eigenvalue weighted by Gasteiger charge is 2.28. The average Bonchev–Trinajstić information content (AvgIpc) is 3.31. The maximum absolute atomic E-state index is 13.5. The van der Waals surface area contributed by atoms with Gasteiger partial charge in [0.2, 0.25) is 0 Å². The molecule has 3 heterocycles. The molecule has 0 fully saturated rings. The Morgan fingerprint density at radius 3 is 2.55 bits per heavy atom. The summed E-state index contributed by atoms with van der Waals surface area (Å²) in [5.41, 5.74) is 4.33. The van der Waals surface area contributed by atoms with E-state index in [0.29, 0.717) is 35.4 Å². The Morgan fingerprint density at radius 2 is 1.79 bits per heavy atom. The van der Waals surface area contributed by atoms with E-state index in [1.807, 2.05) is 41.3 Å². The molecular weight excluding hydrogens is 436 g/mol. The molecule has 9 heteroatoms. The van der Waals surface area contributed by atoms with E-state index in [2.05, 4.69) is 32.4 Å². The summed E-state index contributed by atoms with van der Waals surface area (Å²) < 4.78 is 6.97. The number of methoxy groups -OCH3 is 1. The highest BCUT2D eigenvalue weighted by Crippen LogP contribution is 2.26. The minimum atomic E-state index is -0.117. The summed E-state index contributed by atoms with van der Waals surface area (Å²) in [7, 11) is 1.62. The summed E-state index contributed by atoms with van der Waals surface area (Å²) in [6.07, 6.45) is 4.23. The molecule has 33 heavy (non-hydrogen) atoms. The lowest BCUT2D eigenvalue weighted by Gasteiger charge is -2.28. The highest BCUT2D eigenvalue weighted by atomic mass is 32.2. The molecule has 0 N–H and O–H groups in total. The Kier molecular flexibility index (Phi) is 6.03. The summed E-state index contributed by atoms with van der Waals surface area (Å²) in [6.45, 7) is 1.22. The van der Waals surface area contributed by atoms with Crippen LogP contribution in [0.5, 0.6) is 5.75 Å². The van der Waals surface area contributed by atoms with Crippen LogP contribution in [0, 0.1) is 0 Å². The van der Waals surface area contributed by atoms with E-state index in [4.69, 9.17) is 4.74 Å². The van der Waals surface area contributed by atoms with Gasteiger partial charge in [0.15, 0.2) is 10.9 Å². The largest absolute Gasteiger partial charge is 0.497 e. The van der Waals surface area contributed by atoms with Crippen LogP contribution < -0.4 is 4.74 Å². The van der Waals surface area contributed by atoms with Crippen molar-refractivity contribution in [3.05, 3.63) is 89.5 Å². The Morgan fingerprint density at radius 1 is 1.03 bits per heavy atom. The first-order valence-electron chi connectivity index (χ1n) is 10.6. The van der Waals surface area contributed by atoms with Crippen LogP contribution in [-0.4, -0.2) is 49.4 Å². The molecule has 0 unspecified atom stereocenters. The maximum Gasteiger partial charge on any atom is 0.276 e. The van der Waals surface area contributed by atoms with E-state index in [0.717, 1.165) is 17.9 Å². The molecule has 166 valence electrons. The lowest BCUT2D eigenvalue weighted by molar-refractivity contribution is 0.0727. The number of fused-ring (bicyclic) bond motifs is 1. The third kappa shape index (κ3) is 4.45. The first-order valence-corrected chi connectivity index (χ1v) is 11.6. The van der Waals surface area contributed by atoms with Crippen molar-refractivity contribution in [2.75, 3.05) is 13.7 Å². The second-order valence-electron chi connectivity index (χ2n) is 7.56. The lowest BCUT2D eigenvalue weighted by Crippen LogP contribution is -2.36. The molecule has 2 aromatic heterocycles. The van der Waals surface area contributed by atoms with Gasteiger partial charge in [0.25, 0.3) is 5.91 Å². The molecule has 0 saturated carbocycles. The van der Waals surface area contributed by atoms with Crippen molar-refractivity contribution in [1.82, 2.24) is 29.9 Å². The van der Waals surface area contributed by atoms with Crippen LogP contribution in [0.4, 0.5) is 0 Å². The van der Waals surface area contributed by atoms with Crippen LogP contribution in [-0.2, 0) is 18.7 Å². The van der Waals surface area contributed by atoms with Crippen LogP contribution in [0.3, 0.4) is 0 Å². The van der Waals surface area contributed by atoms with Gasteiger partial charge in [-0.25, -0.2) is 14.6 Å². The van der Waals surface area contributed by atoms with Gasteiger partial charge in [0, 0.05) is 31.2 Å². The van der Waals surface area contributed by atoms with Gasteiger partial charge in [-0.15, -0.1) is 5.10 Å². The molecule has 5 rings (SSSR count). The second-order valence-corrected chi connectivity index (χ2v) is 8.50. The van der Waals surface area contributed by atoms with Gasteiger partial charge in [-0.2, -0.15) is 0 Å². The Hall–Kier alpha value is -3.72. The van der Waals surface area contributed by atoms with Crippen LogP contribution in [0.1, 0.15) is 27.3 Å². The molecule has 8 nitrogen and oxygen atoms in total. The van der Waals surface area contributed by atoms with Crippen molar-refractivity contribution in [3.8, 4) is 11.4 Å². The molecule has 0 atom stereocenters. The van der Waals surface area contributed by atoms with Gasteiger partial charge in [-0.05, 0) is 47.9 Å². The summed E-state index contributed by atoms with van der Waals surface area (Å²) in [5, 5.41) is 9.28. The fraction of sp³-hybridized carbons (Fsp3) is 0.208. The standard InChI is InChI=1S/C24H22N6O2S/c1-32-20-9-7-19(8-10-20)30-21(16-33-24-25-12-4-13-26-24)22(27-28-30)23(31)29-14-11-17-5-2-3-6-18(17)15-29/h2-10,12-13H,11,14-16H2,1H3. The van der Waals surface area contributed by atoms with Crippen LogP contribution in [0.2, 0.25) is 0 Å². The summed E-state index contributed by atoms with van der Waals surface area (Å²) >= 11 is 1.44. The maximum atomic E-state index is 13.5. The Labute approximate surface area is 195 Å². The van der Waals surface area contributed by atoms with Gasteiger partial charge in [0.05, 0.1) is 18.5 Å². The quantitative estimate of drug-likeness (QED) is 0.323. The lowest BCUT2D eigenvalue weighted by atomic mass is 10.00. The molecule has 4 aromatic rings. The van der Waals surface area contributed by atoms with Crippen molar-refractivity contribution in [1.29, 1.82) is 0 Å². The topological polar surface area (TPSA) is 86.0 Å². The number of carbonyl (C=O) groups is 1. The molecule has 0 bridgehead atoms. The molecule has 1 amide bonds. The SMILES string of the molecule is COc1ccc(-n2nnc(C(=O)N3CCc4ccccc4C3)c2CSc2ncccn2)cc1. The summed E-state index contributed by atoms with van der Waals surface area (Å²) in [4.78, 5) is 23.9. The third-order valence-electron chi connectivity index (χ3n) is 5.58. The van der Waals surface area contributed by atoms with E-state index >= 15 is 0 Å². The number of nitrogens with zero attached hydrogens (tertiary/aromatic N) is 6. The zero-order chi connectivity index (χ0) is 22.6. The molecule has 0 radical (unpaired) electrons. The normalized spacial score (nSPS) is 12.9. The van der Waals surface area contributed by atoms with Gasteiger partial charge in [-0.1, -0.05) is 41.2 Å². The minimum absolute atomic E-state index is 0.117. The minimum Gasteiger partial charge on any atom is -0.497 e. The van der Waals surface area contributed by atoms with E-state index in [1.165, 1.54) is 22.9 Å². The number of carbonyl (C=O) groups excluding carboxylic acids is 1. The van der Waals surface area contributed by atoms with Crippen molar-refractivity contribution < 1.29 is 9.53 Å². The van der Waals surface area contributed by atoms with Crippen molar-refractivity contribution >= 4 is 17.7 Å². The monoisotopic (exact) mass is 458 g/mol. The van der Waals surface area contributed by atoms with E-state index < -0.39 is 0 Å². The number of hydrogen-bond acceptors (Lipinski definition) is 7. The molecule has 0 aliphatic carbocycles. The zero-order valence-electron chi connectivity index (χ0n) is 18.1. The third-order valence-corrected chi connectivity index (χ3v) is 6.47. The van der Waals surface area contributed by atoms with Gasteiger partial charge in [-0.3, -0.25) is 4.79 Å². The number of benzene rings is 2. The van der Waals surface area contributed by atoms with Crippen LogP contribution in [0.25, 0.3) is 5.69 Å². The van der Waals surface area contributed by atoms with Crippen LogP contribution in [0.15, 0.2) is 72.1 Å². The van der Waals surface area contributed by atoms with Crippen molar-refractivity contribution in [3.63, 3.8) is 0 Å². The smallest absolute Gasteiger partial charge is 0.276 e. The van der Waals surface area contributed by atoms with Crippen molar-refractivity contribution in [2.45, 2.75) is 23.9 Å². The van der Waals surface area contributed by atoms with Gasteiger partial charge in [0.1, 0.15) is 5.75 Å². The predicted octanol–water partition coefficient (Wildman–Crippen LogP) is 3.56. The number of ether oxygens (including phenoxy) is 1. The first-order chi connectivity index (χ1) is 16.2. The average molecular weight is 459 g/mol. The van der Waals surface area contributed by atoms with E-state index in [9.17, 15) is 4.79 Å². The van der Waals surface area contributed by atoms with Crippen LogP contribution >= 0.6 is 11.8 Å². The number of rotatable bonds is 6.